The van der Waals surface area contributed by atoms with Crippen LogP contribution in [0.3, 0.4) is 0 Å². The summed E-state index contributed by atoms with van der Waals surface area (Å²) in [6.45, 7) is 3.27. The molecular weight excluding hydrogens is 323 g/mol. The lowest BCUT2D eigenvalue weighted by molar-refractivity contribution is 0.0814. The zero-order valence-electron chi connectivity index (χ0n) is 14.1. The van der Waals surface area contributed by atoms with E-state index >= 15 is 0 Å². The molecule has 1 aromatic heterocycles. The SMILES string of the molecule is O=C(NCCCN1CCC(O)CC1)c1occc1-c1ccc(F)cc1. The van der Waals surface area contributed by atoms with Gasteiger partial charge in [0.25, 0.3) is 5.91 Å². The number of halogens is 1. The lowest BCUT2D eigenvalue weighted by Gasteiger charge is -2.29. The minimum absolute atomic E-state index is 0.167. The van der Waals surface area contributed by atoms with Crippen molar-refractivity contribution in [3.63, 3.8) is 0 Å². The summed E-state index contributed by atoms with van der Waals surface area (Å²) in [6.07, 6.45) is 3.78. The number of piperidine rings is 1. The summed E-state index contributed by atoms with van der Waals surface area (Å²) in [7, 11) is 0. The number of nitrogens with one attached hydrogen (secondary N) is 1. The molecule has 1 aliphatic rings. The van der Waals surface area contributed by atoms with E-state index in [0.717, 1.165) is 44.5 Å². The van der Waals surface area contributed by atoms with E-state index in [0.29, 0.717) is 12.1 Å². The number of hydrogen-bond acceptors (Lipinski definition) is 4. The number of aliphatic hydroxyl groups excluding tert-OH is 1. The molecule has 0 atom stereocenters. The minimum atomic E-state index is -0.316. The Kier molecular flexibility index (Phi) is 5.83. The highest BCUT2D eigenvalue weighted by Gasteiger charge is 2.18. The van der Waals surface area contributed by atoms with Gasteiger partial charge in [-0.15, -0.1) is 0 Å². The molecule has 2 N–H and O–H groups in total. The van der Waals surface area contributed by atoms with Crippen molar-refractivity contribution >= 4 is 5.91 Å². The van der Waals surface area contributed by atoms with Crippen LogP contribution >= 0.6 is 0 Å². The molecule has 1 aliphatic heterocycles. The molecule has 1 amide bonds. The molecule has 0 bridgehead atoms. The molecule has 1 aromatic carbocycles. The molecule has 2 aromatic rings. The molecule has 6 heteroatoms. The molecule has 0 radical (unpaired) electrons. The second kappa shape index (κ2) is 8.27. The molecule has 0 aliphatic carbocycles. The first-order valence-corrected chi connectivity index (χ1v) is 8.65. The monoisotopic (exact) mass is 346 g/mol. The van der Waals surface area contributed by atoms with Crippen molar-refractivity contribution in [1.29, 1.82) is 0 Å². The zero-order chi connectivity index (χ0) is 17.6. The van der Waals surface area contributed by atoms with Crippen molar-refractivity contribution in [2.75, 3.05) is 26.2 Å². The fourth-order valence-corrected chi connectivity index (χ4v) is 3.07. The van der Waals surface area contributed by atoms with E-state index in [-0.39, 0.29) is 23.6 Å². The maximum absolute atomic E-state index is 13.0. The van der Waals surface area contributed by atoms with Crippen molar-refractivity contribution < 1.29 is 18.7 Å². The minimum Gasteiger partial charge on any atom is -0.459 e. The number of hydrogen-bond donors (Lipinski definition) is 2. The van der Waals surface area contributed by atoms with Crippen molar-refractivity contribution in [3.8, 4) is 11.1 Å². The number of benzene rings is 1. The molecule has 25 heavy (non-hydrogen) atoms. The maximum atomic E-state index is 13.0. The number of furan rings is 1. The zero-order valence-corrected chi connectivity index (χ0v) is 14.1. The average Bonchev–Trinajstić information content (AvgIpc) is 3.10. The Bertz CT molecular complexity index is 691. The van der Waals surface area contributed by atoms with E-state index in [4.69, 9.17) is 4.42 Å². The van der Waals surface area contributed by atoms with Gasteiger partial charge in [-0.3, -0.25) is 4.79 Å². The van der Waals surface area contributed by atoms with E-state index in [1.54, 1.807) is 18.2 Å². The number of carbonyl (C=O) groups is 1. The van der Waals surface area contributed by atoms with Crippen molar-refractivity contribution in [1.82, 2.24) is 10.2 Å². The molecule has 3 rings (SSSR count). The highest BCUT2D eigenvalue weighted by molar-refractivity contribution is 5.98. The first kappa shape index (κ1) is 17.6. The number of rotatable bonds is 6. The largest absolute Gasteiger partial charge is 0.459 e. The van der Waals surface area contributed by atoms with Gasteiger partial charge in [0.15, 0.2) is 5.76 Å². The Morgan fingerprint density at radius 1 is 1.24 bits per heavy atom. The number of carbonyl (C=O) groups excluding carboxylic acids is 1. The van der Waals surface area contributed by atoms with E-state index in [9.17, 15) is 14.3 Å². The number of likely N-dealkylation sites (tertiary alicyclic amines) is 1. The third-order valence-corrected chi connectivity index (χ3v) is 4.52. The Hall–Kier alpha value is -2.18. The van der Waals surface area contributed by atoms with E-state index < -0.39 is 0 Å². The molecule has 2 heterocycles. The Morgan fingerprint density at radius 3 is 2.68 bits per heavy atom. The third kappa shape index (κ3) is 4.67. The summed E-state index contributed by atoms with van der Waals surface area (Å²) in [5.41, 5.74) is 1.40. The number of amides is 1. The van der Waals surface area contributed by atoms with Crippen LogP contribution in [0.25, 0.3) is 11.1 Å². The molecule has 0 spiro atoms. The highest BCUT2D eigenvalue weighted by atomic mass is 19.1. The van der Waals surface area contributed by atoms with Crippen LogP contribution in [-0.2, 0) is 0 Å². The summed E-state index contributed by atoms with van der Waals surface area (Å²) >= 11 is 0. The molecule has 5 nitrogen and oxygen atoms in total. The van der Waals surface area contributed by atoms with Crippen LogP contribution < -0.4 is 5.32 Å². The van der Waals surface area contributed by atoms with Gasteiger partial charge >= 0.3 is 0 Å². The van der Waals surface area contributed by atoms with Crippen LogP contribution in [0.2, 0.25) is 0 Å². The standard InChI is InChI=1S/C19H23FN2O3/c20-15-4-2-14(3-5-15)17-8-13-25-18(17)19(24)21-9-1-10-22-11-6-16(23)7-12-22/h2-5,8,13,16,23H,1,6-7,9-12H2,(H,21,24). The van der Waals surface area contributed by atoms with Gasteiger partial charge in [0.1, 0.15) is 5.82 Å². The summed E-state index contributed by atoms with van der Waals surface area (Å²) in [6, 6.07) is 7.68. The molecule has 1 fully saturated rings. The Morgan fingerprint density at radius 2 is 1.96 bits per heavy atom. The van der Waals surface area contributed by atoms with Crippen LogP contribution in [0.1, 0.15) is 29.8 Å². The molecule has 0 unspecified atom stereocenters. The van der Waals surface area contributed by atoms with Crippen molar-refractivity contribution in [2.45, 2.75) is 25.4 Å². The van der Waals surface area contributed by atoms with Crippen LogP contribution in [-0.4, -0.2) is 48.2 Å². The van der Waals surface area contributed by atoms with Crippen LogP contribution in [0.15, 0.2) is 41.0 Å². The first-order valence-electron chi connectivity index (χ1n) is 8.65. The van der Waals surface area contributed by atoms with Gasteiger partial charge in [-0.1, -0.05) is 12.1 Å². The van der Waals surface area contributed by atoms with Gasteiger partial charge in [0.05, 0.1) is 12.4 Å². The summed E-state index contributed by atoms with van der Waals surface area (Å²) in [4.78, 5) is 14.6. The number of aliphatic hydroxyl groups is 1. The lowest BCUT2D eigenvalue weighted by atomic mass is 10.1. The van der Waals surface area contributed by atoms with Crippen molar-refractivity contribution in [3.05, 3.63) is 48.2 Å². The predicted molar refractivity (Wildman–Crippen MR) is 92.7 cm³/mol. The molecule has 1 saturated heterocycles. The molecule has 0 saturated carbocycles. The van der Waals surface area contributed by atoms with Crippen LogP contribution in [0, 0.1) is 5.82 Å². The van der Waals surface area contributed by atoms with Gasteiger partial charge in [-0.25, -0.2) is 4.39 Å². The fraction of sp³-hybridized carbons (Fsp3) is 0.421. The maximum Gasteiger partial charge on any atom is 0.287 e. The topological polar surface area (TPSA) is 65.7 Å². The highest BCUT2D eigenvalue weighted by Crippen LogP contribution is 2.25. The van der Waals surface area contributed by atoms with Gasteiger partial charge in [0, 0.05) is 25.2 Å². The number of nitrogens with zero attached hydrogens (tertiary/aromatic N) is 1. The Balaban J connectivity index is 1.49. The van der Waals surface area contributed by atoms with Crippen molar-refractivity contribution in [2.24, 2.45) is 0 Å². The quantitative estimate of drug-likeness (QED) is 0.789. The smallest absolute Gasteiger partial charge is 0.287 e. The van der Waals surface area contributed by atoms with Gasteiger partial charge < -0.3 is 19.7 Å². The summed E-state index contributed by atoms with van der Waals surface area (Å²) in [5.74, 6) is -0.338. The van der Waals surface area contributed by atoms with E-state index in [1.165, 1.54) is 18.4 Å². The van der Waals surface area contributed by atoms with E-state index in [1.807, 2.05) is 0 Å². The van der Waals surface area contributed by atoms with E-state index in [2.05, 4.69) is 10.2 Å². The fourth-order valence-electron chi connectivity index (χ4n) is 3.07. The second-order valence-corrected chi connectivity index (χ2v) is 6.35. The van der Waals surface area contributed by atoms with Crippen LogP contribution in [0.4, 0.5) is 4.39 Å². The normalized spacial score (nSPS) is 16.1. The predicted octanol–water partition coefficient (Wildman–Crippen LogP) is 2.66. The molecular formula is C19H23FN2O3. The van der Waals surface area contributed by atoms with Gasteiger partial charge in [-0.2, -0.15) is 0 Å². The average molecular weight is 346 g/mol. The lowest BCUT2D eigenvalue weighted by Crippen LogP contribution is -2.37. The van der Waals surface area contributed by atoms with Gasteiger partial charge in [-0.05, 0) is 49.6 Å². The third-order valence-electron chi connectivity index (χ3n) is 4.52. The summed E-state index contributed by atoms with van der Waals surface area (Å²) < 4.78 is 18.4. The Labute approximate surface area is 146 Å². The van der Waals surface area contributed by atoms with Gasteiger partial charge in [0.2, 0.25) is 0 Å². The van der Waals surface area contributed by atoms with Crippen LogP contribution in [0.5, 0.6) is 0 Å². The summed E-state index contributed by atoms with van der Waals surface area (Å²) in [5, 5.41) is 12.4. The second-order valence-electron chi connectivity index (χ2n) is 6.35. The first-order chi connectivity index (χ1) is 12.1. The molecule has 134 valence electrons.